The third-order valence-corrected chi connectivity index (χ3v) is 2.94. The Morgan fingerprint density at radius 1 is 1.73 bits per heavy atom. The molecule has 4 heteroatoms. The van der Waals surface area contributed by atoms with E-state index in [1.54, 1.807) is 0 Å². The zero-order chi connectivity index (χ0) is 11.5. The molecular formula is C11H20N2O2. The van der Waals surface area contributed by atoms with E-state index in [0.29, 0.717) is 13.1 Å². The summed E-state index contributed by atoms with van der Waals surface area (Å²) >= 11 is 0. The van der Waals surface area contributed by atoms with E-state index in [2.05, 4.69) is 30.6 Å². The van der Waals surface area contributed by atoms with Crippen molar-refractivity contribution in [3.05, 3.63) is 12.7 Å². The number of rotatable bonds is 3. The summed E-state index contributed by atoms with van der Waals surface area (Å²) in [5.74, 6) is -1.05. The van der Waals surface area contributed by atoms with Crippen LogP contribution in [0, 0.1) is 5.92 Å². The molecule has 15 heavy (non-hydrogen) atoms. The number of aliphatic carboxylic acids is 1. The van der Waals surface area contributed by atoms with Crippen molar-refractivity contribution < 1.29 is 9.90 Å². The van der Waals surface area contributed by atoms with Crippen LogP contribution < -0.4 is 5.32 Å². The zero-order valence-electron chi connectivity index (χ0n) is 9.49. The topological polar surface area (TPSA) is 52.6 Å². The fourth-order valence-corrected chi connectivity index (χ4v) is 1.88. The molecule has 1 rings (SSSR count). The summed E-state index contributed by atoms with van der Waals surface area (Å²) in [5.41, 5.74) is -0.0155. The molecule has 1 aliphatic rings. The van der Waals surface area contributed by atoms with E-state index in [9.17, 15) is 4.79 Å². The van der Waals surface area contributed by atoms with Gasteiger partial charge in [-0.1, -0.05) is 6.08 Å². The van der Waals surface area contributed by atoms with E-state index >= 15 is 0 Å². The van der Waals surface area contributed by atoms with Crippen molar-refractivity contribution in [2.75, 3.05) is 26.2 Å². The lowest BCUT2D eigenvalue weighted by atomic mass is 10.0. The maximum atomic E-state index is 11.0. The summed E-state index contributed by atoms with van der Waals surface area (Å²) in [4.78, 5) is 13.1. The second-order valence-corrected chi connectivity index (χ2v) is 4.67. The van der Waals surface area contributed by atoms with Gasteiger partial charge in [0.1, 0.15) is 0 Å². The standard InChI is InChI=1S/C11H20N2O2/c1-4-5-13-7-9(10(14)15)6-12-8-11(13,2)3/h4,9,12H,1,5-8H2,2-3H3,(H,14,15). The van der Waals surface area contributed by atoms with Crippen molar-refractivity contribution in [2.45, 2.75) is 19.4 Å². The number of hydrogen-bond donors (Lipinski definition) is 2. The molecule has 2 N–H and O–H groups in total. The first kappa shape index (κ1) is 12.2. The molecule has 0 aromatic carbocycles. The number of carbonyl (C=O) groups is 1. The molecule has 1 saturated heterocycles. The molecule has 1 fully saturated rings. The molecule has 0 aliphatic carbocycles. The van der Waals surface area contributed by atoms with Crippen molar-refractivity contribution >= 4 is 5.97 Å². The third-order valence-electron chi connectivity index (χ3n) is 2.94. The quantitative estimate of drug-likeness (QED) is 0.671. The third kappa shape index (κ3) is 3.04. The summed E-state index contributed by atoms with van der Waals surface area (Å²) in [5, 5.41) is 12.2. The van der Waals surface area contributed by atoms with Crippen LogP contribution in [-0.4, -0.2) is 47.7 Å². The Kier molecular flexibility index (Phi) is 3.88. The van der Waals surface area contributed by atoms with Gasteiger partial charge in [0.25, 0.3) is 0 Å². The molecule has 1 unspecified atom stereocenters. The summed E-state index contributed by atoms with van der Waals surface area (Å²) in [6.07, 6.45) is 1.83. The molecule has 0 bridgehead atoms. The van der Waals surface area contributed by atoms with Crippen LogP contribution in [0.5, 0.6) is 0 Å². The minimum atomic E-state index is -0.728. The minimum absolute atomic E-state index is 0.0155. The fourth-order valence-electron chi connectivity index (χ4n) is 1.88. The van der Waals surface area contributed by atoms with Crippen molar-refractivity contribution in [1.82, 2.24) is 10.2 Å². The monoisotopic (exact) mass is 212 g/mol. The molecule has 1 atom stereocenters. The Labute approximate surface area is 91.0 Å². The molecule has 4 nitrogen and oxygen atoms in total. The van der Waals surface area contributed by atoms with Gasteiger partial charge in [-0.15, -0.1) is 6.58 Å². The van der Waals surface area contributed by atoms with E-state index in [1.165, 1.54) is 0 Å². The van der Waals surface area contributed by atoms with Crippen LogP contribution in [0.4, 0.5) is 0 Å². The maximum Gasteiger partial charge on any atom is 0.309 e. The van der Waals surface area contributed by atoms with Gasteiger partial charge < -0.3 is 10.4 Å². The Morgan fingerprint density at radius 3 is 2.93 bits per heavy atom. The van der Waals surface area contributed by atoms with Crippen LogP contribution in [0.1, 0.15) is 13.8 Å². The molecule has 0 radical (unpaired) electrons. The molecular weight excluding hydrogens is 192 g/mol. The molecule has 0 spiro atoms. The number of nitrogens with one attached hydrogen (secondary N) is 1. The Bertz CT molecular complexity index is 251. The van der Waals surface area contributed by atoms with Gasteiger partial charge in [-0.3, -0.25) is 9.69 Å². The number of carboxylic acid groups (broad SMARTS) is 1. The van der Waals surface area contributed by atoms with E-state index in [0.717, 1.165) is 13.1 Å². The van der Waals surface area contributed by atoms with Crippen LogP contribution in [0.25, 0.3) is 0 Å². The summed E-state index contributed by atoms with van der Waals surface area (Å²) in [7, 11) is 0. The highest BCUT2D eigenvalue weighted by atomic mass is 16.4. The molecule has 86 valence electrons. The van der Waals surface area contributed by atoms with E-state index in [-0.39, 0.29) is 11.5 Å². The second kappa shape index (κ2) is 4.77. The highest BCUT2D eigenvalue weighted by Gasteiger charge is 2.33. The highest BCUT2D eigenvalue weighted by molar-refractivity contribution is 5.70. The summed E-state index contributed by atoms with van der Waals surface area (Å²) in [6.45, 7) is 10.6. The first-order chi connectivity index (χ1) is 6.97. The molecule has 0 aromatic rings. The van der Waals surface area contributed by atoms with Crippen molar-refractivity contribution in [1.29, 1.82) is 0 Å². The number of nitrogens with zero attached hydrogens (tertiary/aromatic N) is 1. The van der Waals surface area contributed by atoms with E-state index < -0.39 is 5.97 Å². The van der Waals surface area contributed by atoms with Crippen LogP contribution in [0.3, 0.4) is 0 Å². The first-order valence-corrected chi connectivity index (χ1v) is 5.27. The van der Waals surface area contributed by atoms with E-state index in [1.807, 2.05) is 6.08 Å². The Balaban J connectivity index is 2.76. The normalized spacial score (nSPS) is 26.9. The fraction of sp³-hybridized carbons (Fsp3) is 0.727. The lowest BCUT2D eigenvalue weighted by molar-refractivity contribution is -0.142. The average molecular weight is 212 g/mol. The molecule has 0 saturated carbocycles. The van der Waals surface area contributed by atoms with Crippen LogP contribution >= 0.6 is 0 Å². The molecule has 1 aliphatic heterocycles. The van der Waals surface area contributed by atoms with Crippen LogP contribution in [0.2, 0.25) is 0 Å². The van der Waals surface area contributed by atoms with E-state index in [4.69, 9.17) is 5.11 Å². The average Bonchev–Trinajstić information content (AvgIpc) is 2.27. The highest BCUT2D eigenvalue weighted by Crippen LogP contribution is 2.18. The first-order valence-electron chi connectivity index (χ1n) is 5.27. The number of carboxylic acids is 1. The van der Waals surface area contributed by atoms with Crippen molar-refractivity contribution in [2.24, 2.45) is 5.92 Å². The van der Waals surface area contributed by atoms with Crippen molar-refractivity contribution in [3.8, 4) is 0 Å². The van der Waals surface area contributed by atoms with Gasteiger partial charge >= 0.3 is 5.97 Å². The largest absolute Gasteiger partial charge is 0.481 e. The van der Waals surface area contributed by atoms with Gasteiger partial charge in [0.15, 0.2) is 0 Å². The minimum Gasteiger partial charge on any atom is -0.481 e. The predicted molar refractivity (Wildman–Crippen MR) is 59.8 cm³/mol. The molecule has 1 heterocycles. The lowest BCUT2D eigenvalue weighted by Crippen LogP contribution is -2.49. The van der Waals surface area contributed by atoms with Gasteiger partial charge in [0, 0.05) is 31.7 Å². The van der Waals surface area contributed by atoms with Gasteiger partial charge in [-0.25, -0.2) is 0 Å². The van der Waals surface area contributed by atoms with Gasteiger partial charge in [0.05, 0.1) is 5.92 Å². The maximum absolute atomic E-state index is 11.0. The summed E-state index contributed by atoms with van der Waals surface area (Å²) < 4.78 is 0. The zero-order valence-corrected chi connectivity index (χ0v) is 9.49. The number of hydrogen-bond acceptors (Lipinski definition) is 3. The SMILES string of the molecule is C=CCN1CC(C(=O)O)CNCC1(C)C. The smallest absolute Gasteiger partial charge is 0.309 e. The lowest BCUT2D eigenvalue weighted by Gasteiger charge is -2.36. The second-order valence-electron chi connectivity index (χ2n) is 4.67. The van der Waals surface area contributed by atoms with Gasteiger partial charge in [-0.2, -0.15) is 0 Å². The summed E-state index contributed by atoms with van der Waals surface area (Å²) in [6, 6.07) is 0. The molecule has 0 aromatic heterocycles. The van der Waals surface area contributed by atoms with Crippen LogP contribution in [0.15, 0.2) is 12.7 Å². The Morgan fingerprint density at radius 2 is 2.40 bits per heavy atom. The van der Waals surface area contributed by atoms with Gasteiger partial charge in [-0.05, 0) is 13.8 Å². The Hall–Kier alpha value is -0.870. The van der Waals surface area contributed by atoms with Crippen molar-refractivity contribution in [3.63, 3.8) is 0 Å². The van der Waals surface area contributed by atoms with Crippen LogP contribution in [-0.2, 0) is 4.79 Å². The van der Waals surface area contributed by atoms with Gasteiger partial charge in [0.2, 0.25) is 0 Å². The predicted octanol–water partition coefficient (Wildman–Crippen LogP) is 0.557. The molecule has 0 amide bonds.